The summed E-state index contributed by atoms with van der Waals surface area (Å²) in [5.41, 5.74) is 1.88. The van der Waals surface area contributed by atoms with Gasteiger partial charge in [-0.2, -0.15) is 0 Å². The van der Waals surface area contributed by atoms with Crippen molar-refractivity contribution in [3.63, 3.8) is 0 Å². The molecular weight excluding hydrogens is 455 g/mol. The van der Waals surface area contributed by atoms with Crippen LogP contribution in [0.2, 0.25) is 0 Å². The molecule has 1 aliphatic heterocycles. The molecule has 1 aromatic heterocycles. The quantitative estimate of drug-likeness (QED) is 0.425. The first-order chi connectivity index (χ1) is 15.8. The lowest BCUT2D eigenvalue weighted by Crippen LogP contribution is -2.30. The summed E-state index contributed by atoms with van der Waals surface area (Å²) in [5.74, 6) is -3.20. The van der Waals surface area contributed by atoms with Crippen LogP contribution in [-0.4, -0.2) is 41.6 Å². The van der Waals surface area contributed by atoms with Crippen LogP contribution < -0.4 is 15.6 Å². The van der Waals surface area contributed by atoms with E-state index < -0.39 is 54.1 Å². The van der Waals surface area contributed by atoms with Crippen LogP contribution in [0.3, 0.4) is 0 Å². The van der Waals surface area contributed by atoms with E-state index in [2.05, 4.69) is 20.8 Å². The van der Waals surface area contributed by atoms with E-state index in [1.807, 2.05) is 0 Å². The molecule has 0 radical (unpaired) electrons. The fourth-order valence-electron chi connectivity index (χ4n) is 3.37. The molecule has 1 saturated carbocycles. The van der Waals surface area contributed by atoms with Gasteiger partial charge >= 0.3 is 0 Å². The number of alkyl halides is 4. The predicted octanol–water partition coefficient (Wildman–Crippen LogP) is 3.32. The molecule has 1 amide bonds. The van der Waals surface area contributed by atoms with E-state index in [4.69, 9.17) is 14.3 Å². The van der Waals surface area contributed by atoms with Crippen LogP contribution >= 0.6 is 0 Å². The first-order valence-electron chi connectivity index (χ1n) is 9.99. The van der Waals surface area contributed by atoms with Gasteiger partial charge < -0.3 is 19.6 Å². The zero-order valence-electron chi connectivity index (χ0n) is 16.9. The van der Waals surface area contributed by atoms with Gasteiger partial charge in [0, 0.05) is 12.0 Å². The van der Waals surface area contributed by atoms with Crippen LogP contribution in [0.25, 0.3) is 0 Å². The highest BCUT2D eigenvalue weighted by Crippen LogP contribution is 2.36. The summed E-state index contributed by atoms with van der Waals surface area (Å²) >= 11 is 0. The minimum Gasteiger partial charge on any atom is -0.378 e. The van der Waals surface area contributed by atoms with Crippen LogP contribution in [0.4, 0.5) is 27.8 Å². The number of hydrogen-bond acceptors (Lipinski definition) is 7. The molecule has 1 aromatic carbocycles. The van der Waals surface area contributed by atoms with E-state index in [9.17, 15) is 26.7 Å². The molecule has 13 heteroatoms. The summed E-state index contributed by atoms with van der Waals surface area (Å²) in [6, 6.07) is 2.67. The van der Waals surface area contributed by atoms with Crippen molar-refractivity contribution in [1.82, 2.24) is 15.3 Å². The lowest BCUT2D eigenvalue weighted by molar-refractivity contribution is -0.120. The largest absolute Gasteiger partial charge is 0.378 e. The predicted molar refractivity (Wildman–Crippen MR) is 102 cm³/mol. The van der Waals surface area contributed by atoms with Gasteiger partial charge in [-0.15, -0.1) is 0 Å². The molecule has 0 unspecified atom stereocenters. The number of nitrogens with zero attached hydrogens (tertiary/aromatic N) is 2. The molecule has 2 heterocycles. The van der Waals surface area contributed by atoms with Crippen LogP contribution in [0.1, 0.15) is 36.0 Å². The molecule has 0 spiro atoms. The number of carbonyl (C=O) groups is 1. The van der Waals surface area contributed by atoms with E-state index in [0.29, 0.717) is 0 Å². The number of anilines is 1. The van der Waals surface area contributed by atoms with Crippen molar-refractivity contribution >= 4 is 11.7 Å². The number of amides is 1. The second-order valence-electron chi connectivity index (χ2n) is 7.41. The van der Waals surface area contributed by atoms with Crippen molar-refractivity contribution in [1.29, 1.82) is 0 Å². The fourth-order valence-corrected chi connectivity index (χ4v) is 3.37. The summed E-state index contributed by atoms with van der Waals surface area (Å²) in [5, 5.41) is 2.52. The Kier molecular flexibility index (Phi) is 6.88. The Bertz CT molecular complexity index is 1010. The molecule has 2 N–H and O–H groups in total. The van der Waals surface area contributed by atoms with Gasteiger partial charge in [0.25, 0.3) is 6.43 Å². The third kappa shape index (κ3) is 5.30. The number of carbonyl (C=O) groups excluding carboxylic acids is 1. The topological polar surface area (TPSA) is 94.6 Å². The van der Waals surface area contributed by atoms with E-state index in [1.54, 1.807) is 0 Å². The molecule has 1 aliphatic carbocycles. The van der Waals surface area contributed by atoms with Crippen molar-refractivity contribution < 1.29 is 41.1 Å². The molecule has 2 aromatic rings. The van der Waals surface area contributed by atoms with Gasteiger partial charge in [-0.25, -0.2) is 37.4 Å². The Morgan fingerprint density at radius 3 is 2.61 bits per heavy atom. The van der Waals surface area contributed by atoms with Gasteiger partial charge in [0.1, 0.15) is 6.33 Å². The Morgan fingerprint density at radius 2 is 1.94 bits per heavy atom. The molecule has 2 aliphatic rings. The minimum absolute atomic E-state index is 0.0431. The lowest BCUT2D eigenvalue weighted by Gasteiger charge is -2.18. The average Bonchev–Trinajstić information content (AvgIpc) is 3.33. The molecule has 8 nitrogen and oxygen atoms in total. The van der Waals surface area contributed by atoms with Gasteiger partial charge in [-0.3, -0.25) is 4.79 Å². The standard InChI is InChI=1S/C20H19F5N4O4/c21-16-9(17(22)23)2-1-3-13(16)33-29-19-15(20-31-4-5-32-20)12(26-8-27-19)7-14(30)28-11-6-10(11)18(24)25/h1-3,8,10-11,17-18,20H,4-7H2,(H,28,30)(H,26,27,29)/t10-,11-/m0/s1. The third-order valence-corrected chi connectivity index (χ3v) is 5.15. The van der Waals surface area contributed by atoms with Crippen LogP contribution in [0.15, 0.2) is 24.5 Å². The Balaban J connectivity index is 1.52. The monoisotopic (exact) mass is 474 g/mol. The van der Waals surface area contributed by atoms with Gasteiger partial charge in [0.15, 0.2) is 23.7 Å². The van der Waals surface area contributed by atoms with Gasteiger partial charge in [0.2, 0.25) is 12.3 Å². The SMILES string of the molecule is O=C(Cc1ncnc(NOc2cccc(C(F)F)c2F)c1C1OCCO1)N[C@H]1C[C@@H]1C(F)F. The second kappa shape index (κ2) is 9.83. The lowest BCUT2D eigenvalue weighted by atomic mass is 10.1. The third-order valence-electron chi connectivity index (χ3n) is 5.15. The maximum absolute atomic E-state index is 14.3. The zero-order chi connectivity index (χ0) is 23.5. The summed E-state index contributed by atoms with van der Waals surface area (Å²) in [6.45, 7) is 0.489. The van der Waals surface area contributed by atoms with Gasteiger partial charge in [0.05, 0.1) is 36.5 Å². The first kappa shape index (κ1) is 23.1. The highest BCUT2D eigenvalue weighted by molar-refractivity contribution is 5.79. The van der Waals surface area contributed by atoms with Crippen LogP contribution in [-0.2, 0) is 20.7 Å². The molecule has 2 atom stereocenters. The number of nitrogens with one attached hydrogen (secondary N) is 2. The summed E-state index contributed by atoms with van der Waals surface area (Å²) in [7, 11) is 0. The number of benzene rings is 1. The Hall–Kier alpha value is -3.06. The minimum atomic E-state index is -3.04. The van der Waals surface area contributed by atoms with E-state index in [1.165, 1.54) is 6.07 Å². The number of hydrogen-bond donors (Lipinski definition) is 2. The number of aromatic nitrogens is 2. The van der Waals surface area contributed by atoms with Crippen molar-refractivity contribution in [3.05, 3.63) is 47.2 Å². The number of halogens is 5. The first-order valence-corrected chi connectivity index (χ1v) is 9.99. The Morgan fingerprint density at radius 1 is 1.18 bits per heavy atom. The van der Waals surface area contributed by atoms with E-state index >= 15 is 0 Å². The number of rotatable bonds is 9. The summed E-state index contributed by atoms with van der Waals surface area (Å²) in [4.78, 5) is 25.6. The molecule has 2 fully saturated rings. The zero-order valence-corrected chi connectivity index (χ0v) is 16.9. The van der Waals surface area contributed by atoms with E-state index in [-0.39, 0.29) is 43.1 Å². The summed E-state index contributed by atoms with van der Waals surface area (Å²) in [6.07, 6.45) is -5.53. The van der Waals surface area contributed by atoms with Crippen LogP contribution in [0, 0.1) is 11.7 Å². The van der Waals surface area contributed by atoms with Gasteiger partial charge in [-0.05, 0) is 12.5 Å². The fraction of sp³-hybridized carbons (Fsp3) is 0.450. The van der Waals surface area contributed by atoms with Crippen molar-refractivity contribution in [2.75, 3.05) is 18.7 Å². The normalized spacial score (nSPS) is 20.3. The molecular formula is C20H19F5N4O4. The number of ether oxygens (including phenoxy) is 2. The Labute approximate surface area is 184 Å². The van der Waals surface area contributed by atoms with Crippen molar-refractivity contribution in [3.8, 4) is 5.75 Å². The van der Waals surface area contributed by atoms with Crippen molar-refractivity contribution in [2.45, 2.75) is 38.0 Å². The van der Waals surface area contributed by atoms with Gasteiger partial charge in [-0.1, -0.05) is 12.1 Å². The highest BCUT2D eigenvalue weighted by Gasteiger charge is 2.45. The molecule has 4 rings (SSSR count). The summed E-state index contributed by atoms with van der Waals surface area (Å²) < 4.78 is 76.4. The molecule has 1 saturated heterocycles. The average molecular weight is 474 g/mol. The van der Waals surface area contributed by atoms with Crippen LogP contribution in [0.5, 0.6) is 5.75 Å². The molecule has 33 heavy (non-hydrogen) atoms. The second-order valence-corrected chi connectivity index (χ2v) is 7.41. The maximum Gasteiger partial charge on any atom is 0.266 e. The van der Waals surface area contributed by atoms with Crippen molar-refractivity contribution in [2.24, 2.45) is 5.92 Å². The maximum atomic E-state index is 14.3. The smallest absolute Gasteiger partial charge is 0.266 e. The molecule has 178 valence electrons. The molecule has 0 bridgehead atoms. The highest BCUT2D eigenvalue weighted by atomic mass is 19.3. The van der Waals surface area contributed by atoms with E-state index in [0.717, 1.165) is 18.5 Å².